The number of hydrogen-bond acceptors (Lipinski definition) is 7. The van der Waals surface area contributed by atoms with E-state index < -0.39 is 0 Å². The molecular formula is C17H21N5O3S. The second-order valence-electron chi connectivity index (χ2n) is 6.69. The van der Waals surface area contributed by atoms with Crippen molar-refractivity contribution >= 4 is 23.6 Å². The van der Waals surface area contributed by atoms with Gasteiger partial charge in [0.15, 0.2) is 16.7 Å². The van der Waals surface area contributed by atoms with Crippen LogP contribution in [0.2, 0.25) is 0 Å². The highest BCUT2D eigenvalue weighted by atomic mass is 32.2. The first-order valence-corrected chi connectivity index (χ1v) is 9.24. The fraction of sp³-hybridized carbons (Fsp3) is 0.412. The summed E-state index contributed by atoms with van der Waals surface area (Å²) in [6.45, 7) is 8.74. The maximum absolute atomic E-state index is 12.2. The summed E-state index contributed by atoms with van der Waals surface area (Å²) in [5.41, 5.74) is 0.648. The lowest BCUT2D eigenvalue weighted by Crippen LogP contribution is -2.14. The molecule has 0 aromatic carbocycles. The molecule has 3 aromatic heterocycles. The van der Waals surface area contributed by atoms with Gasteiger partial charge in [-0.2, -0.15) is 0 Å². The van der Waals surface area contributed by atoms with Gasteiger partial charge in [0, 0.05) is 18.0 Å². The minimum atomic E-state index is -0.197. The van der Waals surface area contributed by atoms with Crippen molar-refractivity contribution in [2.45, 2.75) is 44.8 Å². The van der Waals surface area contributed by atoms with Crippen LogP contribution in [0.4, 0.5) is 5.88 Å². The zero-order valence-electron chi connectivity index (χ0n) is 15.1. The van der Waals surface area contributed by atoms with Crippen molar-refractivity contribution in [2.24, 2.45) is 0 Å². The van der Waals surface area contributed by atoms with E-state index in [0.29, 0.717) is 29.2 Å². The number of aromatic nitrogens is 4. The van der Waals surface area contributed by atoms with E-state index >= 15 is 0 Å². The van der Waals surface area contributed by atoms with Crippen molar-refractivity contribution in [3.05, 3.63) is 30.2 Å². The van der Waals surface area contributed by atoms with Crippen molar-refractivity contribution in [3.8, 4) is 11.6 Å². The molecule has 0 radical (unpaired) electrons. The van der Waals surface area contributed by atoms with E-state index in [1.807, 2.05) is 38.3 Å². The summed E-state index contributed by atoms with van der Waals surface area (Å²) in [6.07, 6.45) is 1.59. The average Bonchev–Trinajstić information content (AvgIpc) is 3.31. The normalized spacial score (nSPS) is 11.7. The SMILES string of the molecule is CCn1c(SCC(=O)Nc2cc(C(C)(C)C)no2)nnc1-c1ccco1. The van der Waals surface area contributed by atoms with Gasteiger partial charge in [-0.05, 0) is 19.1 Å². The first kappa shape index (κ1) is 18.2. The number of carbonyl (C=O) groups excluding carboxylic acids is 1. The van der Waals surface area contributed by atoms with Crippen LogP contribution in [0.3, 0.4) is 0 Å². The molecule has 1 N–H and O–H groups in total. The summed E-state index contributed by atoms with van der Waals surface area (Å²) in [4.78, 5) is 12.2. The molecule has 0 aliphatic heterocycles. The van der Waals surface area contributed by atoms with Gasteiger partial charge in [0.25, 0.3) is 0 Å². The average molecular weight is 375 g/mol. The number of carbonyl (C=O) groups is 1. The van der Waals surface area contributed by atoms with Gasteiger partial charge in [0.2, 0.25) is 11.8 Å². The fourth-order valence-corrected chi connectivity index (χ4v) is 3.06. The second-order valence-corrected chi connectivity index (χ2v) is 7.63. The number of nitrogens with zero attached hydrogens (tertiary/aromatic N) is 4. The van der Waals surface area contributed by atoms with Gasteiger partial charge in [-0.15, -0.1) is 10.2 Å². The number of thioether (sulfide) groups is 1. The van der Waals surface area contributed by atoms with Crippen LogP contribution in [0.5, 0.6) is 0 Å². The van der Waals surface area contributed by atoms with E-state index in [4.69, 9.17) is 8.94 Å². The molecule has 0 fully saturated rings. The van der Waals surface area contributed by atoms with E-state index in [1.54, 1.807) is 18.4 Å². The van der Waals surface area contributed by atoms with Gasteiger partial charge < -0.3 is 8.94 Å². The van der Waals surface area contributed by atoms with Crippen molar-refractivity contribution in [2.75, 3.05) is 11.1 Å². The lowest BCUT2D eigenvalue weighted by atomic mass is 9.92. The van der Waals surface area contributed by atoms with Gasteiger partial charge in [0.05, 0.1) is 17.7 Å². The molecule has 0 aliphatic rings. The molecule has 8 nitrogen and oxygen atoms in total. The van der Waals surface area contributed by atoms with Crippen molar-refractivity contribution in [1.29, 1.82) is 0 Å². The van der Waals surface area contributed by atoms with E-state index in [9.17, 15) is 4.79 Å². The molecule has 0 saturated heterocycles. The lowest BCUT2D eigenvalue weighted by Gasteiger charge is -2.12. The summed E-state index contributed by atoms with van der Waals surface area (Å²) in [7, 11) is 0. The minimum absolute atomic E-state index is 0.138. The second kappa shape index (κ2) is 7.36. The number of nitrogens with one attached hydrogen (secondary N) is 1. The van der Waals surface area contributed by atoms with E-state index in [2.05, 4.69) is 20.7 Å². The molecule has 138 valence electrons. The summed E-state index contributed by atoms with van der Waals surface area (Å²) in [5.74, 6) is 1.62. The largest absolute Gasteiger partial charge is 0.461 e. The Labute approximate surface area is 155 Å². The number of rotatable bonds is 6. The molecule has 1 amide bonds. The maximum atomic E-state index is 12.2. The van der Waals surface area contributed by atoms with Crippen LogP contribution in [-0.4, -0.2) is 31.6 Å². The minimum Gasteiger partial charge on any atom is -0.461 e. The fourth-order valence-electron chi connectivity index (χ4n) is 2.26. The predicted molar refractivity (Wildman–Crippen MR) is 98.0 cm³/mol. The summed E-state index contributed by atoms with van der Waals surface area (Å²) < 4.78 is 12.5. The van der Waals surface area contributed by atoms with Crippen molar-refractivity contribution in [3.63, 3.8) is 0 Å². The number of hydrogen-bond donors (Lipinski definition) is 1. The molecule has 0 unspecified atom stereocenters. The van der Waals surface area contributed by atoms with E-state index in [-0.39, 0.29) is 17.1 Å². The highest BCUT2D eigenvalue weighted by molar-refractivity contribution is 7.99. The van der Waals surface area contributed by atoms with Crippen LogP contribution in [0, 0.1) is 0 Å². The Hall–Kier alpha value is -2.55. The van der Waals surface area contributed by atoms with Crippen LogP contribution in [0.25, 0.3) is 11.6 Å². The Bertz CT molecular complexity index is 877. The van der Waals surface area contributed by atoms with Crippen LogP contribution >= 0.6 is 11.8 Å². The molecule has 0 bridgehead atoms. The third-order valence-electron chi connectivity index (χ3n) is 3.65. The first-order chi connectivity index (χ1) is 12.4. The highest BCUT2D eigenvalue weighted by Crippen LogP contribution is 2.25. The molecule has 9 heteroatoms. The van der Waals surface area contributed by atoms with Crippen molar-refractivity contribution < 1.29 is 13.7 Å². The Balaban J connectivity index is 1.62. The Kier molecular flexibility index (Phi) is 5.17. The Morgan fingerprint density at radius 3 is 2.77 bits per heavy atom. The summed E-state index contributed by atoms with van der Waals surface area (Å²) in [5, 5.41) is 15.7. The Morgan fingerprint density at radius 2 is 2.15 bits per heavy atom. The lowest BCUT2D eigenvalue weighted by molar-refractivity contribution is -0.113. The topological polar surface area (TPSA) is 99.0 Å². The van der Waals surface area contributed by atoms with Crippen LogP contribution < -0.4 is 5.32 Å². The number of anilines is 1. The molecule has 0 saturated carbocycles. The van der Waals surface area contributed by atoms with Gasteiger partial charge in [-0.3, -0.25) is 14.7 Å². The van der Waals surface area contributed by atoms with E-state index in [1.165, 1.54) is 11.8 Å². The number of amides is 1. The van der Waals surface area contributed by atoms with Crippen molar-refractivity contribution in [1.82, 2.24) is 19.9 Å². The smallest absolute Gasteiger partial charge is 0.237 e. The molecule has 26 heavy (non-hydrogen) atoms. The maximum Gasteiger partial charge on any atom is 0.237 e. The summed E-state index contributed by atoms with van der Waals surface area (Å²) >= 11 is 1.30. The monoisotopic (exact) mass is 375 g/mol. The standard InChI is InChI=1S/C17H21N5O3S/c1-5-22-15(11-7-6-8-24-11)19-20-16(22)26-10-13(23)18-14-9-12(21-25-14)17(2,3)4/h6-9H,5,10H2,1-4H3,(H,18,23). The van der Waals surface area contributed by atoms with Gasteiger partial charge in [-0.25, -0.2) is 0 Å². The molecule has 0 atom stereocenters. The van der Waals surface area contributed by atoms with E-state index in [0.717, 1.165) is 5.69 Å². The molecule has 3 rings (SSSR count). The van der Waals surface area contributed by atoms with Gasteiger partial charge in [0.1, 0.15) is 0 Å². The number of furan rings is 1. The van der Waals surface area contributed by atoms with Gasteiger partial charge >= 0.3 is 0 Å². The Morgan fingerprint density at radius 1 is 1.35 bits per heavy atom. The quantitative estimate of drug-likeness (QED) is 0.657. The van der Waals surface area contributed by atoms with Crippen LogP contribution in [0.15, 0.2) is 38.6 Å². The van der Waals surface area contributed by atoms with Crippen LogP contribution in [0.1, 0.15) is 33.4 Å². The molecule has 0 aliphatic carbocycles. The molecule has 3 aromatic rings. The zero-order chi connectivity index (χ0) is 18.7. The third-order valence-corrected chi connectivity index (χ3v) is 4.61. The van der Waals surface area contributed by atoms with Gasteiger partial charge in [-0.1, -0.05) is 37.7 Å². The molecule has 3 heterocycles. The first-order valence-electron chi connectivity index (χ1n) is 8.25. The summed E-state index contributed by atoms with van der Waals surface area (Å²) in [6, 6.07) is 5.37. The van der Waals surface area contributed by atoms with Crippen LogP contribution in [-0.2, 0) is 16.8 Å². The molecular weight excluding hydrogens is 354 g/mol. The predicted octanol–water partition coefficient (Wildman–Crippen LogP) is 3.57. The third kappa shape index (κ3) is 3.98. The highest BCUT2D eigenvalue weighted by Gasteiger charge is 2.20. The zero-order valence-corrected chi connectivity index (χ0v) is 16.0. The molecule has 0 spiro atoms.